The summed E-state index contributed by atoms with van der Waals surface area (Å²) in [5, 5.41) is 0. The Bertz CT molecular complexity index is 394. The lowest BCUT2D eigenvalue weighted by atomic mass is 9.99. The van der Waals surface area contributed by atoms with E-state index in [-0.39, 0.29) is 0 Å². The summed E-state index contributed by atoms with van der Waals surface area (Å²) in [4.78, 5) is 3.98. The molecule has 17 heavy (non-hydrogen) atoms. The molecule has 0 N–H and O–H groups in total. The molecule has 0 aliphatic carbocycles. The summed E-state index contributed by atoms with van der Waals surface area (Å²) in [6, 6.07) is 16.5. The summed E-state index contributed by atoms with van der Waals surface area (Å²) < 4.78 is 0. The molecule has 0 bridgehead atoms. The molecule has 0 aliphatic heterocycles. The van der Waals surface area contributed by atoms with Crippen LogP contribution in [0.25, 0.3) is 0 Å². The van der Waals surface area contributed by atoms with E-state index >= 15 is 0 Å². The monoisotopic (exact) mass is 227 g/mol. The molecule has 1 unspecified atom stereocenters. The van der Waals surface area contributed by atoms with E-state index in [1.807, 2.05) is 25.1 Å². The highest BCUT2D eigenvalue weighted by Gasteiger charge is 1.98. The molecule has 1 aromatic heterocycles. The molecule has 0 fully saturated rings. The normalized spacial score (nSPS) is 11.2. The van der Waals surface area contributed by atoms with Crippen molar-refractivity contribution in [1.82, 2.24) is 4.98 Å². The lowest BCUT2D eigenvalue weighted by molar-refractivity contribution is 0.733. The van der Waals surface area contributed by atoms with E-state index in [4.69, 9.17) is 0 Å². The van der Waals surface area contributed by atoms with Gasteiger partial charge < -0.3 is 0 Å². The Hall–Kier alpha value is -1.63. The Balaban J connectivity index is 0.000000181. The Morgan fingerprint density at radius 3 is 2.06 bits per heavy atom. The van der Waals surface area contributed by atoms with E-state index in [2.05, 4.69) is 49.2 Å². The second-order valence-corrected chi connectivity index (χ2v) is 4.19. The first-order chi connectivity index (χ1) is 8.24. The number of benzene rings is 1. The molecule has 2 aromatic rings. The van der Waals surface area contributed by atoms with Crippen molar-refractivity contribution in [2.24, 2.45) is 0 Å². The number of nitrogens with zero attached hydrogens (tertiary/aromatic N) is 1. The molecule has 0 amide bonds. The topological polar surface area (TPSA) is 12.9 Å². The first kappa shape index (κ1) is 13.4. The van der Waals surface area contributed by atoms with Gasteiger partial charge in [0.05, 0.1) is 0 Å². The minimum absolute atomic E-state index is 0.709. The number of aryl methyl sites for hydroxylation is 1. The second kappa shape index (κ2) is 7.61. The van der Waals surface area contributed by atoms with Gasteiger partial charge in [-0.3, -0.25) is 4.98 Å². The maximum atomic E-state index is 3.98. The highest BCUT2D eigenvalue weighted by molar-refractivity contribution is 5.18. The molecule has 0 aliphatic rings. The largest absolute Gasteiger partial charge is 0.262 e. The summed E-state index contributed by atoms with van der Waals surface area (Å²) >= 11 is 0. The van der Waals surface area contributed by atoms with Gasteiger partial charge >= 0.3 is 0 Å². The van der Waals surface area contributed by atoms with Crippen LogP contribution in [0, 0.1) is 6.92 Å². The van der Waals surface area contributed by atoms with E-state index in [1.54, 1.807) is 6.20 Å². The van der Waals surface area contributed by atoms with Crippen LogP contribution in [0.15, 0.2) is 54.7 Å². The van der Waals surface area contributed by atoms with E-state index < -0.39 is 0 Å². The smallest absolute Gasteiger partial charge is 0.0372 e. The lowest BCUT2D eigenvalue weighted by Crippen LogP contribution is -1.88. The third-order valence-corrected chi connectivity index (χ3v) is 2.79. The molecule has 1 heterocycles. The van der Waals surface area contributed by atoms with Crippen LogP contribution < -0.4 is 0 Å². The zero-order valence-corrected chi connectivity index (χ0v) is 10.9. The summed E-state index contributed by atoms with van der Waals surface area (Å²) in [6.07, 6.45) is 3.01. The molecule has 90 valence electrons. The fourth-order valence-electron chi connectivity index (χ4n) is 1.47. The average Bonchev–Trinajstić information content (AvgIpc) is 2.40. The van der Waals surface area contributed by atoms with Gasteiger partial charge in [-0.2, -0.15) is 0 Å². The molecule has 0 saturated heterocycles. The predicted octanol–water partition coefficient (Wildman–Crippen LogP) is 4.59. The van der Waals surface area contributed by atoms with Gasteiger partial charge in [0, 0.05) is 11.9 Å². The fraction of sp³-hybridized carbons (Fsp3) is 0.312. The summed E-state index contributed by atoms with van der Waals surface area (Å²) in [5.41, 5.74) is 2.52. The van der Waals surface area contributed by atoms with Crippen LogP contribution in [0.4, 0.5) is 0 Å². The van der Waals surface area contributed by atoms with Gasteiger partial charge in [0.2, 0.25) is 0 Å². The highest BCUT2D eigenvalue weighted by Crippen LogP contribution is 2.16. The quantitative estimate of drug-likeness (QED) is 0.731. The maximum absolute atomic E-state index is 3.98. The third-order valence-electron chi connectivity index (χ3n) is 2.79. The molecule has 1 heteroatoms. The standard InChI is InChI=1S/C10H14.C6H7N/c1-3-9(2)10-7-5-4-6-8-10;1-6-4-2-3-5-7-6/h4-9H,3H2,1-2H3;2-5H,1H3. The molecule has 2 rings (SSSR count). The van der Waals surface area contributed by atoms with Gasteiger partial charge in [-0.25, -0.2) is 0 Å². The van der Waals surface area contributed by atoms with Gasteiger partial charge in [0.1, 0.15) is 0 Å². The van der Waals surface area contributed by atoms with Crippen molar-refractivity contribution >= 4 is 0 Å². The Kier molecular flexibility index (Phi) is 6.02. The second-order valence-electron chi connectivity index (χ2n) is 4.19. The average molecular weight is 227 g/mol. The Labute approximate surface area is 105 Å². The highest BCUT2D eigenvalue weighted by atomic mass is 14.6. The molecule has 1 atom stereocenters. The number of rotatable bonds is 2. The SMILES string of the molecule is CCC(C)c1ccccc1.Cc1ccccn1. The van der Waals surface area contributed by atoms with Crippen molar-refractivity contribution in [3.8, 4) is 0 Å². The Morgan fingerprint density at radius 1 is 1.00 bits per heavy atom. The lowest BCUT2D eigenvalue weighted by Gasteiger charge is -2.06. The van der Waals surface area contributed by atoms with Gasteiger partial charge in [0.25, 0.3) is 0 Å². The summed E-state index contributed by atoms with van der Waals surface area (Å²) in [6.45, 7) is 6.45. The summed E-state index contributed by atoms with van der Waals surface area (Å²) in [5.74, 6) is 0.709. The minimum atomic E-state index is 0.709. The van der Waals surface area contributed by atoms with Crippen LogP contribution in [-0.4, -0.2) is 4.98 Å². The van der Waals surface area contributed by atoms with Gasteiger partial charge in [-0.1, -0.05) is 50.2 Å². The van der Waals surface area contributed by atoms with Crippen molar-refractivity contribution in [3.63, 3.8) is 0 Å². The van der Waals surface area contributed by atoms with Crippen LogP contribution in [-0.2, 0) is 0 Å². The van der Waals surface area contributed by atoms with Crippen molar-refractivity contribution in [1.29, 1.82) is 0 Å². The predicted molar refractivity (Wildman–Crippen MR) is 74.1 cm³/mol. The number of hydrogen-bond acceptors (Lipinski definition) is 1. The Morgan fingerprint density at radius 2 is 1.65 bits per heavy atom. The zero-order valence-electron chi connectivity index (χ0n) is 10.9. The van der Waals surface area contributed by atoms with Crippen molar-refractivity contribution < 1.29 is 0 Å². The van der Waals surface area contributed by atoms with Crippen LogP contribution in [0.3, 0.4) is 0 Å². The number of pyridine rings is 1. The summed E-state index contributed by atoms with van der Waals surface area (Å²) in [7, 11) is 0. The van der Waals surface area contributed by atoms with Crippen molar-refractivity contribution in [3.05, 3.63) is 66.0 Å². The van der Waals surface area contributed by atoms with Crippen molar-refractivity contribution in [2.75, 3.05) is 0 Å². The molecule has 1 nitrogen and oxygen atoms in total. The first-order valence-corrected chi connectivity index (χ1v) is 6.16. The van der Waals surface area contributed by atoms with Crippen molar-refractivity contribution in [2.45, 2.75) is 33.1 Å². The molecule has 0 saturated carbocycles. The molecule has 1 aromatic carbocycles. The van der Waals surface area contributed by atoms with Gasteiger partial charge in [-0.15, -0.1) is 0 Å². The van der Waals surface area contributed by atoms with Crippen LogP contribution in [0.1, 0.15) is 37.4 Å². The molecular formula is C16H21N. The zero-order chi connectivity index (χ0) is 12.5. The molecule has 0 spiro atoms. The van der Waals surface area contributed by atoms with Crippen LogP contribution >= 0.6 is 0 Å². The van der Waals surface area contributed by atoms with Gasteiger partial charge in [-0.05, 0) is 37.0 Å². The minimum Gasteiger partial charge on any atom is -0.262 e. The van der Waals surface area contributed by atoms with E-state index in [0.717, 1.165) is 5.69 Å². The fourth-order valence-corrected chi connectivity index (χ4v) is 1.47. The third kappa shape index (κ3) is 5.30. The van der Waals surface area contributed by atoms with E-state index in [0.29, 0.717) is 5.92 Å². The first-order valence-electron chi connectivity index (χ1n) is 6.16. The maximum Gasteiger partial charge on any atom is 0.0372 e. The molecule has 0 radical (unpaired) electrons. The van der Waals surface area contributed by atoms with Crippen LogP contribution in [0.2, 0.25) is 0 Å². The number of hydrogen-bond donors (Lipinski definition) is 0. The van der Waals surface area contributed by atoms with Crippen LogP contribution in [0.5, 0.6) is 0 Å². The number of aromatic nitrogens is 1. The molecular weight excluding hydrogens is 206 g/mol. The van der Waals surface area contributed by atoms with Gasteiger partial charge in [0.15, 0.2) is 0 Å². The van der Waals surface area contributed by atoms with E-state index in [9.17, 15) is 0 Å². The van der Waals surface area contributed by atoms with E-state index in [1.165, 1.54) is 12.0 Å².